The number of nitrogens with one attached hydrogen (secondary N) is 3. The molecule has 3 N–H and O–H groups in total. The summed E-state index contributed by atoms with van der Waals surface area (Å²) in [6, 6.07) is -0.300. The molecule has 1 aliphatic heterocycles. The lowest BCUT2D eigenvalue weighted by Crippen LogP contribution is -2.48. The average Bonchev–Trinajstić information content (AvgIpc) is 2.41. The lowest BCUT2D eigenvalue weighted by molar-refractivity contribution is -0.129. The molecule has 0 aromatic rings. The lowest BCUT2D eigenvalue weighted by Gasteiger charge is -2.29. The number of carbonyl (C=O) groups is 2. The van der Waals surface area contributed by atoms with E-state index >= 15 is 0 Å². The lowest BCUT2D eigenvalue weighted by atomic mass is 9.90. The van der Waals surface area contributed by atoms with Gasteiger partial charge in [0, 0.05) is 26.1 Å². The maximum absolute atomic E-state index is 11.9. The van der Waals surface area contributed by atoms with Crippen molar-refractivity contribution in [2.24, 2.45) is 5.92 Å². The average molecular weight is 285 g/mol. The van der Waals surface area contributed by atoms with E-state index in [1.165, 1.54) is 0 Å². The summed E-state index contributed by atoms with van der Waals surface area (Å²) < 4.78 is 4.86. The van der Waals surface area contributed by atoms with Gasteiger partial charge in [0.05, 0.1) is 6.61 Å². The first-order valence-electron chi connectivity index (χ1n) is 7.34. The highest BCUT2D eigenvalue weighted by Crippen LogP contribution is 2.17. The van der Waals surface area contributed by atoms with Crippen molar-refractivity contribution in [2.45, 2.75) is 45.2 Å². The van der Waals surface area contributed by atoms with Crippen LogP contribution in [-0.4, -0.2) is 50.7 Å². The summed E-state index contributed by atoms with van der Waals surface area (Å²) >= 11 is 0. The van der Waals surface area contributed by atoms with Crippen LogP contribution in [0.3, 0.4) is 0 Å². The van der Waals surface area contributed by atoms with Crippen LogP contribution >= 0.6 is 0 Å². The minimum Gasteiger partial charge on any atom is -0.383 e. The van der Waals surface area contributed by atoms with E-state index in [-0.39, 0.29) is 17.9 Å². The van der Waals surface area contributed by atoms with Crippen LogP contribution < -0.4 is 16.0 Å². The fourth-order valence-electron chi connectivity index (χ4n) is 2.38. The third-order valence-corrected chi connectivity index (χ3v) is 3.71. The molecule has 1 rings (SSSR count). The molecule has 2 amide bonds. The number of rotatable bonds is 7. The highest BCUT2D eigenvalue weighted by Gasteiger charge is 2.24. The van der Waals surface area contributed by atoms with Crippen LogP contribution in [0.5, 0.6) is 0 Å². The number of hydrogen-bond donors (Lipinski definition) is 3. The molecule has 6 nitrogen and oxygen atoms in total. The predicted molar refractivity (Wildman–Crippen MR) is 77.3 cm³/mol. The van der Waals surface area contributed by atoms with Gasteiger partial charge in [-0.2, -0.15) is 0 Å². The summed E-state index contributed by atoms with van der Waals surface area (Å²) in [7, 11) is 1.58. The van der Waals surface area contributed by atoms with Gasteiger partial charge < -0.3 is 20.7 Å². The molecule has 1 aliphatic rings. The van der Waals surface area contributed by atoms with Crippen molar-refractivity contribution >= 4 is 11.8 Å². The molecule has 0 aliphatic carbocycles. The molecule has 0 bridgehead atoms. The Morgan fingerprint density at radius 3 is 2.85 bits per heavy atom. The van der Waals surface area contributed by atoms with Gasteiger partial charge in [-0.1, -0.05) is 6.92 Å². The van der Waals surface area contributed by atoms with E-state index in [9.17, 15) is 9.59 Å². The van der Waals surface area contributed by atoms with Gasteiger partial charge in [0.1, 0.15) is 6.04 Å². The van der Waals surface area contributed by atoms with Crippen molar-refractivity contribution in [3.05, 3.63) is 0 Å². The molecule has 0 aromatic carbocycles. The predicted octanol–water partition coefficient (Wildman–Crippen LogP) is 0.0319. The van der Waals surface area contributed by atoms with E-state index in [4.69, 9.17) is 4.74 Å². The zero-order valence-electron chi connectivity index (χ0n) is 12.7. The molecule has 20 heavy (non-hydrogen) atoms. The molecule has 3 atom stereocenters. The van der Waals surface area contributed by atoms with E-state index in [0.717, 1.165) is 19.4 Å². The fourth-order valence-corrected chi connectivity index (χ4v) is 2.38. The van der Waals surface area contributed by atoms with Crippen LogP contribution in [0.4, 0.5) is 0 Å². The van der Waals surface area contributed by atoms with E-state index in [1.807, 2.05) is 0 Å². The molecule has 6 heteroatoms. The van der Waals surface area contributed by atoms with Crippen LogP contribution in [0.1, 0.15) is 33.1 Å². The summed E-state index contributed by atoms with van der Waals surface area (Å²) in [5.41, 5.74) is 0. The van der Waals surface area contributed by atoms with Crippen LogP contribution in [0, 0.1) is 5.92 Å². The van der Waals surface area contributed by atoms with Crippen LogP contribution in [0.2, 0.25) is 0 Å². The van der Waals surface area contributed by atoms with E-state index in [1.54, 1.807) is 14.0 Å². The summed E-state index contributed by atoms with van der Waals surface area (Å²) in [5, 5.41) is 8.82. The third-order valence-electron chi connectivity index (χ3n) is 3.71. The molecule has 0 spiro atoms. The van der Waals surface area contributed by atoms with Gasteiger partial charge in [-0.3, -0.25) is 9.59 Å². The Hall–Kier alpha value is -1.14. The molecular formula is C14H27N3O3. The molecule has 1 saturated heterocycles. The van der Waals surface area contributed by atoms with E-state index in [2.05, 4.69) is 22.9 Å². The highest BCUT2D eigenvalue weighted by atomic mass is 16.5. The van der Waals surface area contributed by atoms with Crippen LogP contribution in [0.25, 0.3) is 0 Å². The van der Waals surface area contributed by atoms with E-state index in [0.29, 0.717) is 25.5 Å². The molecule has 0 aromatic heterocycles. The first kappa shape index (κ1) is 16.9. The first-order valence-corrected chi connectivity index (χ1v) is 7.34. The third kappa shape index (κ3) is 5.88. The van der Waals surface area contributed by atoms with Gasteiger partial charge >= 0.3 is 0 Å². The van der Waals surface area contributed by atoms with Crippen molar-refractivity contribution in [1.82, 2.24) is 16.0 Å². The Labute approximate surface area is 121 Å². The highest BCUT2D eigenvalue weighted by molar-refractivity contribution is 5.87. The Bertz CT molecular complexity index is 323. The minimum atomic E-state index is -0.516. The van der Waals surface area contributed by atoms with Gasteiger partial charge in [-0.15, -0.1) is 0 Å². The van der Waals surface area contributed by atoms with Crippen molar-refractivity contribution in [1.29, 1.82) is 0 Å². The second-order valence-corrected chi connectivity index (χ2v) is 5.46. The molecule has 116 valence electrons. The Morgan fingerprint density at radius 2 is 2.20 bits per heavy atom. The number of piperidine rings is 1. The smallest absolute Gasteiger partial charge is 0.242 e. The van der Waals surface area contributed by atoms with Gasteiger partial charge in [0.15, 0.2) is 0 Å². The van der Waals surface area contributed by atoms with E-state index < -0.39 is 6.04 Å². The number of hydrogen-bond acceptors (Lipinski definition) is 4. The maximum Gasteiger partial charge on any atom is 0.242 e. The van der Waals surface area contributed by atoms with Crippen molar-refractivity contribution in [3.63, 3.8) is 0 Å². The standard InChI is InChI=1S/C14H27N3O3/c1-10-5-4-6-15-12(10)9-13(18)17-11(2)14(19)16-7-8-20-3/h10-12,15H,4-9H2,1-3H3,(H,16,19)(H,17,18). The molecular weight excluding hydrogens is 258 g/mol. The van der Waals surface area contributed by atoms with Crippen molar-refractivity contribution < 1.29 is 14.3 Å². The Morgan fingerprint density at radius 1 is 1.45 bits per heavy atom. The van der Waals surface area contributed by atoms with Crippen molar-refractivity contribution in [2.75, 3.05) is 26.8 Å². The van der Waals surface area contributed by atoms with Gasteiger partial charge in [0.2, 0.25) is 11.8 Å². The normalized spacial score (nSPS) is 23.9. The number of carbonyl (C=O) groups excluding carboxylic acids is 2. The number of amides is 2. The monoisotopic (exact) mass is 285 g/mol. The van der Waals surface area contributed by atoms with Gasteiger partial charge in [0.25, 0.3) is 0 Å². The molecule has 0 radical (unpaired) electrons. The molecule has 1 heterocycles. The topological polar surface area (TPSA) is 79.5 Å². The minimum absolute atomic E-state index is 0.0781. The Balaban J connectivity index is 2.28. The van der Waals surface area contributed by atoms with Gasteiger partial charge in [-0.05, 0) is 32.2 Å². The summed E-state index contributed by atoms with van der Waals surface area (Å²) in [4.78, 5) is 23.7. The van der Waals surface area contributed by atoms with Gasteiger partial charge in [-0.25, -0.2) is 0 Å². The van der Waals surface area contributed by atoms with Crippen molar-refractivity contribution in [3.8, 4) is 0 Å². The maximum atomic E-state index is 11.9. The Kier molecular flexibility index (Phi) is 7.54. The van der Waals surface area contributed by atoms with Crippen LogP contribution in [-0.2, 0) is 14.3 Å². The molecule has 3 unspecified atom stereocenters. The number of ether oxygens (including phenoxy) is 1. The number of methoxy groups -OCH3 is 1. The second kappa shape index (κ2) is 8.92. The zero-order valence-corrected chi connectivity index (χ0v) is 12.7. The quantitative estimate of drug-likeness (QED) is 0.577. The SMILES string of the molecule is COCCNC(=O)C(C)NC(=O)CC1NCCCC1C. The first-order chi connectivity index (χ1) is 9.54. The molecule has 0 saturated carbocycles. The summed E-state index contributed by atoms with van der Waals surface area (Å²) in [5.74, 6) is 0.242. The summed E-state index contributed by atoms with van der Waals surface area (Å²) in [6.45, 7) is 5.74. The zero-order chi connectivity index (χ0) is 15.0. The van der Waals surface area contributed by atoms with Crippen LogP contribution in [0.15, 0.2) is 0 Å². The summed E-state index contributed by atoms with van der Waals surface area (Å²) in [6.07, 6.45) is 2.74. The molecule has 1 fully saturated rings. The second-order valence-electron chi connectivity index (χ2n) is 5.46. The largest absolute Gasteiger partial charge is 0.383 e. The fraction of sp³-hybridized carbons (Fsp3) is 0.857.